The minimum atomic E-state index is -3.48. The maximum absolute atomic E-state index is 12.5. The first-order valence-electron chi connectivity index (χ1n) is 6.00. The average molecular weight is 274 g/mol. The van der Waals surface area contributed by atoms with Crippen LogP contribution in [-0.4, -0.2) is 12.7 Å². The van der Waals surface area contributed by atoms with Crippen molar-refractivity contribution < 1.29 is 8.42 Å². The van der Waals surface area contributed by atoms with Crippen molar-refractivity contribution in [1.82, 2.24) is 4.31 Å². The van der Waals surface area contributed by atoms with Gasteiger partial charge in [-0.25, -0.2) is 8.42 Å². The first kappa shape index (κ1) is 12.2. The Hall–Kier alpha value is -1.85. The van der Waals surface area contributed by atoms with Crippen LogP contribution in [0.4, 0.5) is 5.69 Å². The first-order valence-corrected chi connectivity index (χ1v) is 7.44. The van der Waals surface area contributed by atoms with E-state index in [1.54, 1.807) is 18.2 Å². The van der Waals surface area contributed by atoms with E-state index in [2.05, 4.69) is 0 Å². The molecule has 2 aromatic carbocycles. The molecule has 0 fully saturated rings. The number of fused-ring (bicyclic) bond motifs is 1. The highest BCUT2D eigenvalue weighted by molar-refractivity contribution is 7.89. The summed E-state index contributed by atoms with van der Waals surface area (Å²) >= 11 is 0. The van der Waals surface area contributed by atoms with Gasteiger partial charge < -0.3 is 5.73 Å². The Labute approximate surface area is 112 Å². The van der Waals surface area contributed by atoms with Crippen LogP contribution in [0.5, 0.6) is 0 Å². The third-order valence-corrected chi connectivity index (χ3v) is 5.10. The van der Waals surface area contributed by atoms with Crippen molar-refractivity contribution in [2.45, 2.75) is 18.0 Å². The van der Waals surface area contributed by atoms with E-state index in [-0.39, 0.29) is 4.90 Å². The van der Waals surface area contributed by atoms with Gasteiger partial charge >= 0.3 is 0 Å². The van der Waals surface area contributed by atoms with E-state index >= 15 is 0 Å². The Kier molecular flexibility index (Phi) is 2.80. The molecule has 3 rings (SSSR count). The molecule has 0 amide bonds. The molecule has 0 radical (unpaired) electrons. The number of anilines is 1. The Balaban J connectivity index is 1.96. The zero-order valence-corrected chi connectivity index (χ0v) is 11.1. The van der Waals surface area contributed by atoms with Gasteiger partial charge in [0.05, 0.1) is 4.90 Å². The fraction of sp³-hybridized carbons (Fsp3) is 0.143. The summed E-state index contributed by atoms with van der Waals surface area (Å²) in [5.41, 5.74) is 8.24. The second kappa shape index (κ2) is 4.36. The van der Waals surface area contributed by atoms with Gasteiger partial charge in [0, 0.05) is 18.8 Å². The maximum Gasteiger partial charge on any atom is 0.243 e. The minimum absolute atomic E-state index is 0.250. The number of nitrogen functional groups attached to an aromatic ring is 1. The van der Waals surface area contributed by atoms with Crippen molar-refractivity contribution in [3.63, 3.8) is 0 Å². The summed E-state index contributed by atoms with van der Waals surface area (Å²) in [6.45, 7) is 0.848. The number of nitrogens with two attached hydrogens (primary N) is 1. The van der Waals surface area contributed by atoms with Crippen molar-refractivity contribution in [2.75, 3.05) is 5.73 Å². The van der Waals surface area contributed by atoms with Crippen molar-refractivity contribution in [1.29, 1.82) is 0 Å². The molecule has 0 aromatic heterocycles. The third-order valence-electron chi connectivity index (χ3n) is 3.31. The number of hydrogen-bond donors (Lipinski definition) is 1. The molecular formula is C14H14N2O2S. The molecule has 0 unspecified atom stereocenters. The predicted octanol–water partition coefficient (Wildman–Crippen LogP) is 1.97. The molecule has 2 N–H and O–H groups in total. The minimum Gasteiger partial charge on any atom is -0.399 e. The van der Waals surface area contributed by atoms with Crippen LogP contribution in [0.1, 0.15) is 11.1 Å². The molecule has 1 aliphatic rings. The normalized spacial score (nSPS) is 15.4. The third kappa shape index (κ3) is 2.11. The second-order valence-electron chi connectivity index (χ2n) is 4.61. The van der Waals surface area contributed by atoms with E-state index in [1.165, 1.54) is 10.4 Å². The highest BCUT2D eigenvalue weighted by atomic mass is 32.2. The SMILES string of the molecule is Nc1cccc(S(=O)(=O)N2Cc3ccccc3C2)c1. The molecule has 0 saturated heterocycles. The lowest BCUT2D eigenvalue weighted by molar-refractivity contribution is 0.431. The Morgan fingerprint density at radius 2 is 1.58 bits per heavy atom. The smallest absolute Gasteiger partial charge is 0.243 e. The summed E-state index contributed by atoms with van der Waals surface area (Å²) in [6, 6.07) is 14.2. The molecule has 1 aliphatic heterocycles. The van der Waals surface area contributed by atoms with Crippen molar-refractivity contribution in [3.05, 3.63) is 59.7 Å². The Morgan fingerprint density at radius 1 is 0.947 bits per heavy atom. The van der Waals surface area contributed by atoms with Crippen LogP contribution in [-0.2, 0) is 23.1 Å². The van der Waals surface area contributed by atoms with Gasteiger partial charge in [0.15, 0.2) is 0 Å². The zero-order valence-electron chi connectivity index (χ0n) is 10.3. The van der Waals surface area contributed by atoms with Crippen LogP contribution >= 0.6 is 0 Å². The number of rotatable bonds is 2. The second-order valence-corrected chi connectivity index (χ2v) is 6.55. The monoisotopic (exact) mass is 274 g/mol. The highest BCUT2D eigenvalue weighted by Crippen LogP contribution is 2.28. The topological polar surface area (TPSA) is 63.4 Å². The highest BCUT2D eigenvalue weighted by Gasteiger charge is 2.30. The fourth-order valence-corrected chi connectivity index (χ4v) is 3.75. The van der Waals surface area contributed by atoms with Gasteiger partial charge in [0.25, 0.3) is 0 Å². The van der Waals surface area contributed by atoms with E-state index < -0.39 is 10.0 Å². The van der Waals surface area contributed by atoms with Crippen LogP contribution < -0.4 is 5.73 Å². The van der Waals surface area contributed by atoms with Crippen molar-refractivity contribution >= 4 is 15.7 Å². The molecule has 19 heavy (non-hydrogen) atoms. The summed E-state index contributed by atoms with van der Waals surface area (Å²) in [6.07, 6.45) is 0. The average Bonchev–Trinajstić information content (AvgIpc) is 2.83. The van der Waals surface area contributed by atoms with Crippen LogP contribution in [0.2, 0.25) is 0 Å². The molecular weight excluding hydrogens is 260 g/mol. The van der Waals surface area contributed by atoms with Gasteiger partial charge in [0.1, 0.15) is 0 Å². The molecule has 1 heterocycles. The molecule has 0 aliphatic carbocycles. The van der Waals surface area contributed by atoms with Gasteiger partial charge in [0.2, 0.25) is 10.0 Å². The van der Waals surface area contributed by atoms with Gasteiger partial charge in [-0.15, -0.1) is 0 Å². The molecule has 0 atom stereocenters. The molecule has 0 bridgehead atoms. The van der Waals surface area contributed by atoms with E-state index in [9.17, 15) is 8.42 Å². The quantitative estimate of drug-likeness (QED) is 0.852. The Morgan fingerprint density at radius 3 is 2.16 bits per heavy atom. The summed E-state index contributed by atoms with van der Waals surface area (Å²) in [7, 11) is -3.48. The molecule has 4 nitrogen and oxygen atoms in total. The molecule has 2 aromatic rings. The predicted molar refractivity (Wildman–Crippen MR) is 73.7 cm³/mol. The van der Waals surface area contributed by atoms with Crippen LogP contribution in [0.3, 0.4) is 0 Å². The zero-order chi connectivity index (χ0) is 13.5. The van der Waals surface area contributed by atoms with E-state index in [0.717, 1.165) is 11.1 Å². The van der Waals surface area contributed by atoms with E-state index in [0.29, 0.717) is 18.8 Å². The number of benzene rings is 2. The number of nitrogens with zero attached hydrogens (tertiary/aromatic N) is 1. The maximum atomic E-state index is 12.5. The number of sulfonamides is 1. The fourth-order valence-electron chi connectivity index (χ4n) is 2.30. The van der Waals surface area contributed by atoms with Crippen molar-refractivity contribution in [2.24, 2.45) is 0 Å². The Bertz CT molecular complexity index is 701. The van der Waals surface area contributed by atoms with Gasteiger partial charge in [-0.2, -0.15) is 4.31 Å². The lowest BCUT2D eigenvalue weighted by Crippen LogP contribution is -2.25. The summed E-state index contributed by atoms with van der Waals surface area (Å²) < 4.78 is 26.5. The van der Waals surface area contributed by atoms with Crippen molar-refractivity contribution in [3.8, 4) is 0 Å². The van der Waals surface area contributed by atoms with Gasteiger partial charge in [-0.3, -0.25) is 0 Å². The van der Waals surface area contributed by atoms with Crippen LogP contribution in [0.15, 0.2) is 53.4 Å². The molecule has 98 valence electrons. The number of hydrogen-bond acceptors (Lipinski definition) is 3. The lowest BCUT2D eigenvalue weighted by atomic mass is 10.1. The summed E-state index contributed by atoms with van der Waals surface area (Å²) in [5.74, 6) is 0. The van der Waals surface area contributed by atoms with E-state index in [4.69, 9.17) is 5.73 Å². The van der Waals surface area contributed by atoms with Crippen LogP contribution in [0.25, 0.3) is 0 Å². The lowest BCUT2D eigenvalue weighted by Gasteiger charge is -2.15. The summed E-state index contributed by atoms with van der Waals surface area (Å²) in [4.78, 5) is 0.250. The van der Waals surface area contributed by atoms with Crippen LogP contribution in [0, 0.1) is 0 Å². The molecule has 0 spiro atoms. The molecule has 5 heteroatoms. The standard InChI is InChI=1S/C14H14N2O2S/c15-13-6-3-7-14(8-13)19(17,18)16-9-11-4-1-2-5-12(11)10-16/h1-8H,9-10,15H2. The first-order chi connectivity index (χ1) is 9.07. The largest absolute Gasteiger partial charge is 0.399 e. The molecule has 0 saturated carbocycles. The summed E-state index contributed by atoms with van der Waals surface area (Å²) in [5, 5.41) is 0. The van der Waals surface area contributed by atoms with Gasteiger partial charge in [-0.1, -0.05) is 30.3 Å². The van der Waals surface area contributed by atoms with E-state index in [1.807, 2.05) is 24.3 Å². The van der Waals surface area contributed by atoms with Gasteiger partial charge in [-0.05, 0) is 29.3 Å².